The van der Waals surface area contributed by atoms with Crippen molar-refractivity contribution in [1.29, 1.82) is 0 Å². The fraction of sp³-hybridized carbons (Fsp3) is 0.115. The van der Waals surface area contributed by atoms with Gasteiger partial charge in [-0.15, -0.1) is 0 Å². The van der Waals surface area contributed by atoms with Crippen molar-refractivity contribution in [1.82, 2.24) is 0 Å². The lowest BCUT2D eigenvalue weighted by Crippen LogP contribution is -2.29. The molecule has 2 N–H and O–H groups in total. The van der Waals surface area contributed by atoms with Crippen molar-refractivity contribution < 1.29 is 29.3 Å². The monoisotopic (exact) mass is 443 g/mol. The van der Waals surface area contributed by atoms with E-state index in [1.54, 1.807) is 66.7 Å². The third kappa shape index (κ3) is 4.21. The number of nitrogens with zero attached hydrogens (tertiary/aromatic N) is 1. The van der Waals surface area contributed by atoms with Crippen molar-refractivity contribution in [3.05, 3.63) is 101 Å². The number of aliphatic hydroxyl groups is 1. The fourth-order valence-electron chi connectivity index (χ4n) is 3.87. The van der Waals surface area contributed by atoms with Gasteiger partial charge < -0.3 is 14.9 Å². The maximum atomic E-state index is 13.1. The zero-order chi connectivity index (χ0) is 23.5. The molecular weight excluding hydrogens is 422 g/mol. The minimum absolute atomic E-state index is 0.0359. The van der Waals surface area contributed by atoms with Crippen molar-refractivity contribution >= 4 is 29.1 Å². The van der Waals surface area contributed by atoms with Crippen LogP contribution in [0.15, 0.2) is 84.4 Å². The fourth-order valence-corrected chi connectivity index (χ4v) is 3.87. The van der Waals surface area contributed by atoms with Crippen LogP contribution in [0, 0.1) is 0 Å². The molecule has 0 radical (unpaired) electrons. The topological polar surface area (TPSA) is 104 Å². The number of hydrogen-bond acceptors (Lipinski definition) is 6. The lowest BCUT2D eigenvalue weighted by atomic mass is 9.95. The summed E-state index contributed by atoms with van der Waals surface area (Å²) in [5, 5.41) is 21.0. The Balaban J connectivity index is 1.85. The molecule has 1 atom stereocenters. The molecule has 0 bridgehead atoms. The van der Waals surface area contributed by atoms with Crippen LogP contribution < -0.4 is 4.90 Å². The van der Waals surface area contributed by atoms with Gasteiger partial charge in [-0.1, -0.05) is 54.6 Å². The van der Waals surface area contributed by atoms with E-state index in [0.717, 1.165) is 0 Å². The number of esters is 1. The van der Waals surface area contributed by atoms with E-state index in [-0.39, 0.29) is 23.5 Å². The number of carbonyl (C=O) groups excluding carboxylic acids is 3. The smallest absolute Gasteiger partial charge is 0.309 e. The number of rotatable bonds is 5. The second-order valence-corrected chi connectivity index (χ2v) is 7.55. The normalized spacial score (nSPS) is 17.2. The van der Waals surface area contributed by atoms with Crippen LogP contribution in [0.3, 0.4) is 0 Å². The Morgan fingerprint density at radius 2 is 1.67 bits per heavy atom. The number of Topliss-reactive ketones (excluding diaryl/α,β-unsaturated/α-hetero) is 1. The molecule has 0 aromatic heterocycles. The van der Waals surface area contributed by atoms with Gasteiger partial charge in [0, 0.05) is 11.3 Å². The van der Waals surface area contributed by atoms with Gasteiger partial charge in [0.1, 0.15) is 11.5 Å². The number of aliphatic hydroxyl groups excluding tert-OH is 1. The lowest BCUT2D eigenvalue weighted by molar-refractivity contribution is -0.139. The number of anilines is 1. The molecule has 1 unspecified atom stereocenters. The highest BCUT2D eigenvalue weighted by atomic mass is 16.5. The number of amides is 1. The van der Waals surface area contributed by atoms with Crippen molar-refractivity contribution in [3.8, 4) is 5.75 Å². The summed E-state index contributed by atoms with van der Waals surface area (Å²) >= 11 is 0. The third-order valence-corrected chi connectivity index (χ3v) is 5.47. The lowest BCUT2D eigenvalue weighted by Gasteiger charge is -2.25. The zero-order valence-corrected chi connectivity index (χ0v) is 17.8. The molecule has 33 heavy (non-hydrogen) atoms. The van der Waals surface area contributed by atoms with Crippen LogP contribution in [0.4, 0.5) is 5.69 Å². The summed E-state index contributed by atoms with van der Waals surface area (Å²) in [6, 6.07) is 20.3. The minimum Gasteiger partial charge on any atom is -0.508 e. The summed E-state index contributed by atoms with van der Waals surface area (Å²) in [6.45, 7) is 0. The number of carbonyl (C=O) groups is 3. The van der Waals surface area contributed by atoms with E-state index in [4.69, 9.17) is 0 Å². The van der Waals surface area contributed by atoms with Crippen molar-refractivity contribution in [2.75, 3.05) is 12.0 Å². The van der Waals surface area contributed by atoms with Crippen LogP contribution in [-0.4, -0.2) is 35.0 Å². The molecule has 1 heterocycles. The van der Waals surface area contributed by atoms with Crippen LogP contribution in [-0.2, 0) is 25.5 Å². The Kier molecular flexibility index (Phi) is 5.95. The van der Waals surface area contributed by atoms with Gasteiger partial charge in [-0.2, -0.15) is 0 Å². The Bertz CT molecular complexity index is 1250. The van der Waals surface area contributed by atoms with E-state index >= 15 is 0 Å². The van der Waals surface area contributed by atoms with E-state index in [0.29, 0.717) is 22.4 Å². The largest absolute Gasteiger partial charge is 0.508 e. The molecule has 1 aliphatic rings. The predicted molar refractivity (Wildman–Crippen MR) is 121 cm³/mol. The van der Waals surface area contributed by atoms with E-state index in [2.05, 4.69) is 4.74 Å². The van der Waals surface area contributed by atoms with Crippen LogP contribution >= 0.6 is 0 Å². The van der Waals surface area contributed by atoms with E-state index in [1.165, 1.54) is 24.1 Å². The molecule has 0 aliphatic carbocycles. The average molecular weight is 443 g/mol. The molecule has 1 aliphatic heterocycles. The first-order valence-corrected chi connectivity index (χ1v) is 10.2. The molecule has 3 aromatic carbocycles. The number of aromatic hydroxyl groups is 1. The highest BCUT2D eigenvalue weighted by Crippen LogP contribution is 2.42. The van der Waals surface area contributed by atoms with Gasteiger partial charge in [0.05, 0.1) is 25.1 Å². The van der Waals surface area contributed by atoms with Gasteiger partial charge in [0.15, 0.2) is 0 Å². The molecular formula is C26H21NO6. The molecule has 7 heteroatoms. The summed E-state index contributed by atoms with van der Waals surface area (Å²) < 4.78 is 4.68. The molecule has 1 saturated heterocycles. The maximum absolute atomic E-state index is 13.1. The average Bonchev–Trinajstić information content (AvgIpc) is 3.10. The molecule has 4 rings (SSSR count). The van der Waals surface area contributed by atoms with Crippen molar-refractivity contribution in [2.24, 2.45) is 0 Å². The highest BCUT2D eigenvalue weighted by molar-refractivity contribution is 6.51. The first-order valence-electron chi connectivity index (χ1n) is 10.2. The Labute approximate surface area is 190 Å². The number of phenolic OH excluding ortho intramolecular Hbond substituents is 1. The van der Waals surface area contributed by atoms with Crippen LogP contribution in [0.25, 0.3) is 5.76 Å². The van der Waals surface area contributed by atoms with E-state index < -0.39 is 23.7 Å². The molecule has 3 aromatic rings. The van der Waals surface area contributed by atoms with E-state index in [9.17, 15) is 24.6 Å². The Morgan fingerprint density at radius 1 is 0.970 bits per heavy atom. The summed E-state index contributed by atoms with van der Waals surface area (Å²) in [6.07, 6.45) is 0.0690. The summed E-state index contributed by atoms with van der Waals surface area (Å²) in [7, 11) is 1.30. The maximum Gasteiger partial charge on any atom is 0.309 e. The Morgan fingerprint density at radius 3 is 2.30 bits per heavy atom. The number of hydrogen-bond donors (Lipinski definition) is 2. The third-order valence-electron chi connectivity index (χ3n) is 5.47. The molecule has 7 nitrogen and oxygen atoms in total. The number of ether oxygens (including phenoxy) is 1. The highest BCUT2D eigenvalue weighted by Gasteiger charge is 2.47. The van der Waals surface area contributed by atoms with Crippen molar-refractivity contribution in [2.45, 2.75) is 12.5 Å². The van der Waals surface area contributed by atoms with Crippen molar-refractivity contribution in [3.63, 3.8) is 0 Å². The van der Waals surface area contributed by atoms with Gasteiger partial charge in [0.2, 0.25) is 0 Å². The van der Waals surface area contributed by atoms with Crippen LogP contribution in [0.1, 0.15) is 22.7 Å². The van der Waals surface area contributed by atoms with Crippen LogP contribution in [0.2, 0.25) is 0 Å². The summed E-state index contributed by atoms with van der Waals surface area (Å²) in [4.78, 5) is 39.1. The van der Waals surface area contributed by atoms with Gasteiger partial charge in [-0.05, 0) is 35.4 Å². The van der Waals surface area contributed by atoms with Crippen LogP contribution in [0.5, 0.6) is 5.75 Å². The molecule has 0 saturated carbocycles. The predicted octanol–water partition coefficient (Wildman–Crippen LogP) is 3.73. The summed E-state index contributed by atoms with van der Waals surface area (Å²) in [5.41, 5.74) is 1.88. The molecule has 1 fully saturated rings. The molecule has 0 spiro atoms. The standard InChI is InChI=1S/C26H21NO6/c1-33-21(29)14-16-10-12-19(13-11-16)27-23(18-8-5-9-20(28)15-18)22(25(31)26(27)32)24(30)17-6-3-2-4-7-17/h2-13,15,23,28,30H,14H2,1H3/b24-22-. The van der Waals surface area contributed by atoms with Gasteiger partial charge in [0.25, 0.3) is 11.7 Å². The number of ketones is 1. The number of phenols is 1. The first-order chi connectivity index (χ1) is 15.9. The first kappa shape index (κ1) is 21.8. The SMILES string of the molecule is COC(=O)Cc1ccc(N2C(=O)C(=O)/C(=C(\O)c3ccccc3)C2c2cccc(O)c2)cc1. The van der Waals surface area contributed by atoms with E-state index in [1.807, 2.05) is 0 Å². The zero-order valence-electron chi connectivity index (χ0n) is 17.8. The number of methoxy groups -OCH3 is 1. The van der Waals surface area contributed by atoms with Gasteiger partial charge in [-0.25, -0.2) is 0 Å². The summed E-state index contributed by atoms with van der Waals surface area (Å²) in [5.74, 6) is -2.37. The molecule has 166 valence electrons. The van der Waals surface area contributed by atoms with Gasteiger partial charge in [-0.3, -0.25) is 19.3 Å². The second-order valence-electron chi connectivity index (χ2n) is 7.55. The quantitative estimate of drug-likeness (QED) is 0.270. The van der Waals surface area contributed by atoms with Gasteiger partial charge >= 0.3 is 5.97 Å². The second kappa shape index (κ2) is 9.00. The molecule has 1 amide bonds. The Hall–Kier alpha value is -4.39. The number of benzene rings is 3. The minimum atomic E-state index is -0.955.